The molecule has 4 aliphatic heterocycles. The highest BCUT2D eigenvalue weighted by atomic mass is 32.1. The zero-order valence-electron chi connectivity index (χ0n) is 45.0. The highest BCUT2D eigenvalue weighted by Gasteiger charge is 2.53. The molecule has 0 spiro atoms. The minimum absolute atomic E-state index is 0.0648. The Morgan fingerprint density at radius 3 is 2.44 bits per heavy atom. The first-order valence-corrected chi connectivity index (χ1v) is 28.7. The van der Waals surface area contributed by atoms with E-state index in [9.17, 15) is 43.0 Å². The van der Waals surface area contributed by atoms with Crippen LogP contribution in [0.25, 0.3) is 10.1 Å². The largest absolute Gasteiger partial charge is 0.438 e. The summed E-state index contributed by atoms with van der Waals surface area (Å²) in [6, 6.07) is 16.6. The maximum absolute atomic E-state index is 15.6. The lowest BCUT2D eigenvalue weighted by atomic mass is 9.85. The number of morpholine rings is 1. The van der Waals surface area contributed by atoms with Crippen molar-refractivity contribution in [1.82, 2.24) is 25.3 Å². The minimum Gasteiger partial charge on any atom is -0.438 e. The Kier molecular flexibility index (Phi) is 17.9. The number of rotatable bonds is 17. The number of benzene rings is 3. The van der Waals surface area contributed by atoms with E-state index in [1.54, 1.807) is 37.8 Å². The van der Waals surface area contributed by atoms with Gasteiger partial charge in [-0.1, -0.05) is 81.5 Å². The van der Waals surface area contributed by atoms with E-state index in [0.717, 1.165) is 47.4 Å². The number of thiophene rings is 1. The van der Waals surface area contributed by atoms with Crippen LogP contribution in [-0.2, 0) is 59.5 Å². The standard InChI is InChI=1S/C57H66F2N5O13PS/c1-55(2,3)48(61-50(67)46-29-37-28-38(21-23-45(37)79-46)57(58,59)78(72,73)77-34-76-54(71)56(4,5)6)53(70)63-31-39(30-43(63)52(69)62-25-27-75-44(33-62)36-17-12-10-13-18-36)74-26-14-9-7-8-11-16-35-19-15-20-40-41(35)32-64(51(40)68)42-22-24-47(65)60-49(42)66/h10,12-13,15,17-21,23,28-29,39,42-44,48H,7-9,14,22,24-27,30-34H2,1-6H3,(H,61,67)(H,72,73)(H,60,65,66)/t39-,42?,43-,44-,48+/m0/s1. The lowest BCUT2D eigenvalue weighted by molar-refractivity contribution is -0.160. The number of esters is 1. The number of carbonyl (C=O) groups is 7. The fraction of sp³-hybridized carbons (Fsp3) is 0.491. The summed E-state index contributed by atoms with van der Waals surface area (Å²) in [5.74, 6) is 3.03. The highest BCUT2D eigenvalue weighted by molar-refractivity contribution is 7.53. The van der Waals surface area contributed by atoms with E-state index in [2.05, 4.69) is 27.0 Å². The average molecular weight is 1130 g/mol. The molecule has 3 saturated heterocycles. The molecule has 8 rings (SSSR count). The van der Waals surface area contributed by atoms with Crippen molar-refractivity contribution in [2.24, 2.45) is 10.8 Å². The van der Waals surface area contributed by atoms with Gasteiger partial charge in [-0.2, -0.15) is 8.78 Å². The summed E-state index contributed by atoms with van der Waals surface area (Å²) in [6.45, 7) is 10.2. The molecule has 0 radical (unpaired) electrons. The Bertz CT molecular complexity index is 3110. The Morgan fingerprint density at radius 1 is 0.962 bits per heavy atom. The monoisotopic (exact) mass is 1130 g/mol. The molecule has 0 bridgehead atoms. The summed E-state index contributed by atoms with van der Waals surface area (Å²) >= 11 is 0.962. The van der Waals surface area contributed by atoms with Crippen LogP contribution in [0, 0.1) is 22.7 Å². The molecule has 4 aromatic rings. The van der Waals surface area contributed by atoms with Crippen LogP contribution in [0.15, 0.2) is 72.8 Å². The second-order valence-corrected chi connectivity index (χ2v) is 25.2. The lowest BCUT2D eigenvalue weighted by Crippen LogP contribution is -2.58. The fourth-order valence-corrected chi connectivity index (χ4v) is 11.7. The number of ether oxygens (including phenoxy) is 3. The van der Waals surface area contributed by atoms with E-state index in [0.29, 0.717) is 41.8 Å². The summed E-state index contributed by atoms with van der Waals surface area (Å²) in [6.07, 6.45) is 2.49. The molecule has 3 fully saturated rings. The molecular weight excluding hydrogens is 1060 g/mol. The molecule has 5 heterocycles. The fourth-order valence-electron chi connectivity index (χ4n) is 9.90. The molecule has 22 heteroatoms. The molecule has 0 saturated carbocycles. The van der Waals surface area contributed by atoms with Gasteiger partial charge in [-0.05, 0) is 92.3 Å². The number of unbranched alkanes of at least 4 members (excludes halogenated alkanes) is 3. The van der Waals surface area contributed by atoms with Gasteiger partial charge in [-0.15, -0.1) is 11.3 Å². The normalized spacial score (nSPS) is 21.0. The van der Waals surface area contributed by atoms with Crippen molar-refractivity contribution in [2.75, 3.05) is 39.6 Å². The summed E-state index contributed by atoms with van der Waals surface area (Å²) in [5.41, 5.74) is -4.36. The zero-order valence-corrected chi connectivity index (χ0v) is 46.7. The van der Waals surface area contributed by atoms with E-state index >= 15 is 8.78 Å². The SMILES string of the molecule is CC(C)(C)C(=O)OCOP(=O)(O)C(F)(F)c1ccc2sc(C(=O)N[C@H](C(=O)N3C[C@@H](OCCCCCC#Cc4cccc5c4CN(C4CCC(=O)NC4=O)C5=O)C[C@H]3C(=O)N3CCO[C@H](c4ccccc4)C3)C(C)(C)C)cc2c1. The van der Waals surface area contributed by atoms with Gasteiger partial charge < -0.3 is 39.1 Å². The number of halogens is 2. The molecule has 18 nitrogen and oxygen atoms in total. The Morgan fingerprint density at radius 2 is 1.72 bits per heavy atom. The third-order valence-electron chi connectivity index (χ3n) is 14.3. The van der Waals surface area contributed by atoms with Gasteiger partial charge in [0.1, 0.15) is 24.2 Å². The first-order valence-electron chi connectivity index (χ1n) is 26.3. The molecule has 1 aromatic heterocycles. The van der Waals surface area contributed by atoms with Gasteiger partial charge in [-0.25, -0.2) is 0 Å². The van der Waals surface area contributed by atoms with Crippen LogP contribution in [0.1, 0.15) is 135 Å². The molecule has 4 aliphatic rings. The van der Waals surface area contributed by atoms with E-state index in [1.807, 2.05) is 36.4 Å². The molecule has 6 amide bonds. The number of likely N-dealkylation sites (tertiary alicyclic amines) is 1. The molecule has 79 heavy (non-hydrogen) atoms. The van der Waals surface area contributed by atoms with E-state index in [1.165, 1.54) is 42.7 Å². The van der Waals surface area contributed by atoms with Gasteiger partial charge in [0.15, 0.2) is 0 Å². The topological polar surface area (TPSA) is 227 Å². The number of carbonyl (C=O) groups excluding carboxylic acids is 7. The molecule has 3 N–H and O–H groups in total. The van der Waals surface area contributed by atoms with E-state index < -0.39 is 84.4 Å². The molecule has 3 aromatic carbocycles. The van der Waals surface area contributed by atoms with Crippen LogP contribution in [0.5, 0.6) is 0 Å². The zero-order chi connectivity index (χ0) is 57.0. The molecule has 422 valence electrons. The summed E-state index contributed by atoms with van der Waals surface area (Å²) in [7, 11) is -5.75. The third-order valence-corrected chi connectivity index (χ3v) is 16.9. The van der Waals surface area contributed by atoms with Crippen LogP contribution in [0.2, 0.25) is 0 Å². The second kappa shape index (κ2) is 24.1. The maximum atomic E-state index is 15.6. The Hall–Kier alpha value is -6.40. The predicted molar refractivity (Wildman–Crippen MR) is 287 cm³/mol. The van der Waals surface area contributed by atoms with Crippen molar-refractivity contribution in [2.45, 2.75) is 129 Å². The number of hydrogen-bond acceptors (Lipinski definition) is 13. The first-order chi connectivity index (χ1) is 37.3. The van der Waals surface area contributed by atoms with Crippen LogP contribution in [0.4, 0.5) is 8.78 Å². The minimum atomic E-state index is -5.75. The Balaban J connectivity index is 0.912. The van der Waals surface area contributed by atoms with Gasteiger partial charge in [0.25, 0.3) is 11.8 Å². The number of nitrogens with zero attached hydrogens (tertiary/aromatic N) is 3. The second-order valence-electron chi connectivity index (χ2n) is 22.3. The van der Waals surface area contributed by atoms with Crippen molar-refractivity contribution in [3.05, 3.63) is 105 Å². The van der Waals surface area contributed by atoms with Gasteiger partial charge in [0.2, 0.25) is 30.4 Å². The first kappa shape index (κ1) is 58.7. The molecule has 6 atom stereocenters. The predicted octanol–water partition coefficient (Wildman–Crippen LogP) is 7.80. The number of imide groups is 1. The summed E-state index contributed by atoms with van der Waals surface area (Å²) in [4.78, 5) is 108. The van der Waals surface area contributed by atoms with Crippen molar-refractivity contribution < 1.29 is 70.5 Å². The van der Waals surface area contributed by atoms with Crippen molar-refractivity contribution in [3.63, 3.8) is 0 Å². The maximum Gasteiger partial charge on any atom is 0.404 e. The molecular formula is C57H66F2N5O13PS. The van der Waals surface area contributed by atoms with Crippen LogP contribution < -0.4 is 10.6 Å². The molecule has 0 aliphatic carbocycles. The van der Waals surface area contributed by atoms with Crippen LogP contribution >= 0.6 is 18.9 Å². The van der Waals surface area contributed by atoms with Gasteiger partial charge >= 0.3 is 19.2 Å². The number of fused-ring (bicyclic) bond motifs is 2. The average Bonchev–Trinajstić information content (AvgIpc) is 4.27. The lowest BCUT2D eigenvalue weighted by Gasteiger charge is -2.38. The number of piperidine rings is 1. The van der Waals surface area contributed by atoms with Crippen LogP contribution in [0.3, 0.4) is 0 Å². The van der Waals surface area contributed by atoms with Gasteiger partial charge in [-0.3, -0.25) is 48.0 Å². The number of hydrogen-bond donors (Lipinski definition) is 3. The third kappa shape index (κ3) is 13.4. The van der Waals surface area contributed by atoms with Gasteiger partial charge in [0.05, 0.1) is 29.5 Å². The van der Waals surface area contributed by atoms with Gasteiger partial charge in [0, 0.05) is 66.9 Å². The molecule has 2 unspecified atom stereocenters. The van der Waals surface area contributed by atoms with Crippen molar-refractivity contribution in [1.29, 1.82) is 0 Å². The van der Waals surface area contributed by atoms with E-state index in [-0.39, 0.29) is 79.6 Å². The number of amides is 6. The number of alkyl halides is 2. The van der Waals surface area contributed by atoms with E-state index in [4.69, 9.17) is 14.2 Å². The summed E-state index contributed by atoms with van der Waals surface area (Å²) in [5, 5.41) is 5.35. The summed E-state index contributed by atoms with van der Waals surface area (Å²) < 4.78 is 66.1. The Labute approximate surface area is 461 Å². The highest BCUT2D eigenvalue weighted by Crippen LogP contribution is 2.63. The van der Waals surface area contributed by atoms with Crippen LogP contribution in [-0.4, -0.2) is 125 Å². The van der Waals surface area contributed by atoms with Crippen molar-refractivity contribution >= 4 is 70.4 Å². The quantitative estimate of drug-likeness (QED) is 0.0229. The number of nitrogens with one attached hydrogen (secondary N) is 2. The van der Waals surface area contributed by atoms with Crippen molar-refractivity contribution in [3.8, 4) is 11.8 Å². The smallest absolute Gasteiger partial charge is 0.404 e.